The standard InChI is InChI=1S/C7H11NO2S/c9-3-1-5-6(10)8-2-4-11-7(5)8/h5,7,9H,1-4H2/t5?,7-/m0/s1. The van der Waals surface area contributed by atoms with E-state index < -0.39 is 0 Å². The fourth-order valence-corrected chi connectivity index (χ4v) is 3.13. The third-order valence-electron chi connectivity index (χ3n) is 2.31. The minimum absolute atomic E-state index is 0.118. The molecule has 1 amide bonds. The van der Waals surface area contributed by atoms with E-state index in [4.69, 9.17) is 5.11 Å². The normalized spacial score (nSPS) is 35.4. The summed E-state index contributed by atoms with van der Waals surface area (Å²) in [5, 5.41) is 9.06. The molecular formula is C7H11NO2S. The fraction of sp³-hybridized carbons (Fsp3) is 0.857. The number of hydrogen-bond donors (Lipinski definition) is 1. The Kier molecular flexibility index (Phi) is 1.81. The van der Waals surface area contributed by atoms with Crippen molar-refractivity contribution in [3.63, 3.8) is 0 Å². The molecule has 0 aromatic carbocycles. The second-order valence-electron chi connectivity index (χ2n) is 2.91. The average Bonchev–Trinajstić information content (AvgIpc) is 2.44. The van der Waals surface area contributed by atoms with E-state index in [0.717, 1.165) is 12.3 Å². The van der Waals surface area contributed by atoms with E-state index in [-0.39, 0.29) is 18.4 Å². The molecule has 2 atom stereocenters. The molecule has 0 radical (unpaired) electrons. The first kappa shape index (κ1) is 7.43. The molecule has 11 heavy (non-hydrogen) atoms. The van der Waals surface area contributed by atoms with Crippen molar-refractivity contribution in [2.45, 2.75) is 11.8 Å². The monoisotopic (exact) mass is 173 g/mol. The maximum absolute atomic E-state index is 11.2. The second-order valence-corrected chi connectivity index (χ2v) is 4.14. The van der Waals surface area contributed by atoms with E-state index >= 15 is 0 Å². The van der Waals surface area contributed by atoms with Gasteiger partial charge in [0.25, 0.3) is 0 Å². The van der Waals surface area contributed by atoms with E-state index in [0.29, 0.717) is 11.8 Å². The Balaban J connectivity index is 1.98. The Morgan fingerprint density at radius 2 is 2.55 bits per heavy atom. The minimum atomic E-state index is 0.118. The first-order valence-corrected chi connectivity index (χ1v) is 4.92. The molecule has 1 N–H and O–H groups in total. The Morgan fingerprint density at radius 1 is 1.73 bits per heavy atom. The first-order chi connectivity index (χ1) is 5.34. The van der Waals surface area contributed by atoms with Crippen molar-refractivity contribution in [3.05, 3.63) is 0 Å². The van der Waals surface area contributed by atoms with Gasteiger partial charge >= 0.3 is 0 Å². The van der Waals surface area contributed by atoms with Gasteiger partial charge < -0.3 is 10.0 Å². The molecule has 3 nitrogen and oxygen atoms in total. The average molecular weight is 173 g/mol. The summed E-state index contributed by atoms with van der Waals surface area (Å²) in [6.45, 7) is 1.05. The van der Waals surface area contributed by atoms with Gasteiger partial charge in [-0.25, -0.2) is 0 Å². The summed E-state index contributed by atoms with van der Waals surface area (Å²) in [6, 6.07) is 0. The highest BCUT2D eigenvalue weighted by molar-refractivity contribution is 8.00. The molecule has 2 saturated heterocycles. The van der Waals surface area contributed by atoms with Crippen LogP contribution in [0.15, 0.2) is 0 Å². The number of nitrogens with zero attached hydrogens (tertiary/aromatic N) is 1. The third kappa shape index (κ3) is 0.964. The fourth-order valence-electron chi connectivity index (χ4n) is 1.72. The Hall–Kier alpha value is -0.220. The van der Waals surface area contributed by atoms with E-state index in [1.807, 2.05) is 16.7 Å². The van der Waals surface area contributed by atoms with E-state index in [1.165, 1.54) is 0 Å². The van der Waals surface area contributed by atoms with Crippen molar-refractivity contribution in [1.29, 1.82) is 0 Å². The van der Waals surface area contributed by atoms with Crippen LogP contribution in [0.25, 0.3) is 0 Å². The van der Waals surface area contributed by atoms with Crippen LogP contribution in [0.4, 0.5) is 0 Å². The van der Waals surface area contributed by atoms with Gasteiger partial charge in [-0.15, -0.1) is 11.8 Å². The predicted molar refractivity (Wildman–Crippen MR) is 43.2 cm³/mol. The van der Waals surface area contributed by atoms with Crippen LogP contribution in [-0.4, -0.2) is 40.2 Å². The summed E-state index contributed by atoms with van der Waals surface area (Å²) >= 11 is 1.84. The lowest BCUT2D eigenvalue weighted by atomic mass is 9.95. The number of aliphatic hydroxyl groups excluding tert-OH is 1. The molecule has 0 bridgehead atoms. The first-order valence-electron chi connectivity index (χ1n) is 3.87. The van der Waals surface area contributed by atoms with Gasteiger partial charge in [-0.05, 0) is 6.42 Å². The van der Waals surface area contributed by atoms with Crippen molar-refractivity contribution in [2.24, 2.45) is 5.92 Å². The molecule has 0 aromatic rings. The van der Waals surface area contributed by atoms with E-state index in [1.54, 1.807) is 0 Å². The van der Waals surface area contributed by atoms with Gasteiger partial charge in [0.1, 0.15) is 0 Å². The van der Waals surface area contributed by atoms with Crippen molar-refractivity contribution in [2.75, 3.05) is 18.9 Å². The molecular weight excluding hydrogens is 162 g/mol. The number of amides is 1. The van der Waals surface area contributed by atoms with E-state index in [2.05, 4.69) is 0 Å². The van der Waals surface area contributed by atoms with Crippen LogP contribution in [0.5, 0.6) is 0 Å². The minimum Gasteiger partial charge on any atom is -0.396 e. The lowest BCUT2D eigenvalue weighted by Gasteiger charge is -2.41. The molecule has 2 fully saturated rings. The number of rotatable bonds is 2. The number of carbonyl (C=O) groups is 1. The summed E-state index contributed by atoms with van der Waals surface area (Å²) in [6.07, 6.45) is 0.646. The zero-order valence-corrected chi connectivity index (χ0v) is 7.01. The Bertz CT molecular complexity index is 185. The lowest BCUT2D eigenvalue weighted by molar-refractivity contribution is -0.149. The highest BCUT2D eigenvalue weighted by atomic mass is 32.2. The number of β-lactam (4-membered cyclic amide) rings is 1. The molecule has 2 heterocycles. The van der Waals surface area contributed by atoms with Crippen LogP contribution < -0.4 is 0 Å². The number of thioether (sulfide) groups is 1. The molecule has 4 heteroatoms. The largest absolute Gasteiger partial charge is 0.396 e. The molecule has 2 rings (SSSR count). The van der Waals surface area contributed by atoms with Gasteiger partial charge in [0, 0.05) is 18.9 Å². The highest BCUT2D eigenvalue weighted by Crippen LogP contribution is 2.41. The predicted octanol–water partition coefficient (Wildman–Crippen LogP) is -0.0999. The summed E-state index contributed by atoms with van der Waals surface area (Å²) in [5.74, 6) is 1.43. The zero-order valence-electron chi connectivity index (χ0n) is 6.19. The van der Waals surface area contributed by atoms with Gasteiger partial charge in [-0.1, -0.05) is 0 Å². The topological polar surface area (TPSA) is 40.5 Å². The maximum atomic E-state index is 11.2. The molecule has 1 unspecified atom stereocenters. The summed E-state index contributed by atoms with van der Waals surface area (Å²) in [7, 11) is 0. The smallest absolute Gasteiger partial charge is 0.229 e. The number of carbonyl (C=O) groups excluding carboxylic acids is 1. The SMILES string of the molecule is O=C1C(CCO)[C@@H]2SCCN12. The van der Waals surface area contributed by atoms with Crippen LogP contribution in [0.3, 0.4) is 0 Å². The molecule has 0 spiro atoms. The van der Waals surface area contributed by atoms with Crippen LogP contribution in [0, 0.1) is 5.92 Å². The molecule has 0 aromatic heterocycles. The molecule has 2 aliphatic rings. The van der Waals surface area contributed by atoms with Crippen LogP contribution >= 0.6 is 11.8 Å². The lowest BCUT2D eigenvalue weighted by Crippen LogP contribution is -2.56. The van der Waals surface area contributed by atoms with Crippen molar-refractivity contribution in [1.82, 2.24) is 4.90 Å². The molecule has 0 aliphatic carbocycles. The number of hydrogen-bond acceptors (Lipinski definition) is 3. The van der Waals surface area contributed by atoms with Crippen molar-refractivity contribution in [3.8, 4) is 0 Å². The van der Waals surface area contributed by atoms with Crippen LogP contribution in [-0.2, 0) is 4.79 Å². The molecule has 0 saturated carbocycles. The zero-order chi connectivity index (χ0) is 7.84. The van der Waals surface area contributed by atoms with Crippen molar-refractivity contribution < 1.29 is 9.90 Å². The van der Waals surface area contributed by atoms with Gasteiger partial charge in [-0.2, -0.15) is 0 Å². The van der Waals surface area contributed by atoms with E-state index in [9.17, 15) is 4.79 Å². The second kappa shape index (κ2) is 2.68. The number of fused-ring (bicyclic) bond motifs is 1. The summed E-state index contributed by atoms with van der Waals surface area (Å²) < 4.78 is 0. The van der Waals surface area contributed by atoms with Crippen LogP contribution in [0.2, 0.25) is 0 Å². The van der Waals surface area contributed by atoms with Crippen LogP contribution in [0.1, 0.15) is 6.42 Å². The summed E-state index contributed by atoms with van der Waals surface area (Å²) in [4.78, 5) is 13.1. The molecule has 62 valence electrons. The summed E-state index contributed by atoms with van der Waals surface area (Å²) in [5.41, 5.74) is 0. The molecule has 2 aliphatic heterocycles. The van der Waals surface area contributed by atoms with Gasteiger partial charge in [0.2, 0.25) is 5.91 Å². The van der Waals surface area contributed by atoms with Gasteiger partial charge in [0.15, 0.2) is 0 Å². The maximum Gasteiger partial charge on any atom is 0.229 e. The highest BCUT2D eigenvalue weighted by Gasteiger charge is 2.49. The Labute approximate surface area is 69.8 Å². The quantitative estimate of drug-likeness (QED) is 0.593. The van der Waals surface area contributed by atoms with Gasteiger partial charge in [-0.3, -0.25) is 4.79 Å². The van der Waals surface area contributed by atoms with Crippen molar-refractivity contribution >= 4 is 17.7 Å². The van der Waals surface area contributed by atoms with Gasteiger partial charge in [0.05, 0.1) is 11.3 Å². The Morgan fingerprint density at radius 3 is 3.27 bits per heavy atom. The number of aliphatic hydroxyl groups is 1. The third-order valence-corrected chi connectivity index (χ3v) is 3.66.